The predicted molar refractivity (Wildman–Crippen MR) is 49.2 cm³/mol. The molecule has 1 N–H and O–H groups in total. The molecule has 0 heterocycles. The van der Waals surface area contributed by atoms with E-state index in [9.17, 15) is 4.79 Å². The normalized spacial score (nSPS) is 16.1. The molecule has 0 aromatic carbocycles. The monoisotopic (exact) mass is 173 g/mol. The summed E-state index contributed by atoms with van der Waals surface area (Å²) < 4.78 is 0. The van der Waals surface area contributed by atoms with Crippen LogP contribution in [0, 0.1) is 5.92 Å². The van der Waals surface area contributed by atoms with Gasteiger partial charge in [0.15, 0.2) is 0 Å². The van der Waals surface area contributed by atoms with Crippen molar-refractivity contribution in [2.75, 3.05) is 14.1 Å². The van der Waals surface area contributed by atoms with Gasteiger partial charge in [0, 0.05) is 6.04 Å². The van der Waals surface area contributed by atoms with Gasteiger partial charge in [-0.3, -0.25) is 4.79 Å². The Balaban J connectivity index is 4.33. The smallest absolute Gasteiger partial charge is 0.308 e. The molecule has 72 valence electrons. The SMILES string of the molecule is CCC(C(=O)O)C(CC)N(C)C. The van der Waals surface area contributed by atoms with Crippen LogP contribution in [0.25, 0.3) is 0 Å². The lowest BCUT2D eigenvalue weighted by Crippen LogP contribution is -2.38. The van der Waals surface area contributed by atoms with Crippen LogP contribution in [0.2, 0.25) is 0 Å². The number of carboxylic acids is 1. The standard InChI is InChI=1S/C9H19NO2/c1-5-7(9(11)12)8(6-2)10(3)4/h7-8H,5-6H2,1-4H3,(H,11,12). The molecular formula is C9H19NO2. The molecule has 2 atom stereocenters. The maximum absolute atomic E-state index is 10.8. The average molecular weight is 173 g/mol. The molecule has 0 amide bonds. The minimum Gasteiger partial charge on any atom is -0.481 e. The molecule has 0 aliphatic heterocycles. The number of hydrogen-bond acceptors (Lipinski definition) is 2. The van der Waals surface area contributed by atoms with E-state index < -0.39 is 5.97 Å². The first kappa shape index (κ1) is 11.4. The first-order valence-corrected chi connectivity index (χ1v) is 4.43. The van der Waals surface area contributed by atoms with Crippen molar-refractivity contribution in [1.82, 2.24) is 4.90 Å². The summed E-state index contributed by atoms with van der Waals surface area (Å²) in [6.45, 7) is 3.95. The summed E-state index contributed by atoms with van der Waals surface area (Å²) in [7, 11) is 3.86. The number of carboxylic acid groups (broad SMARTS) is 1. The third-order valence-electron chi connectivity index (χ3n) is 2.30. The fourth-order valence-corrected chi connectivity index (χ4v) is 1.62. The fourth-order valence-electron chi connectivity index (χ4n) is 1.62. The fraction of sp³-hybridized carbons (Fsp3) is 0.889. The second kappa shape index (κ2) is 5.14. The second-order valence-electron chi connectivity index (χ2n) is 3.29. The van der Waals surface area contributed by atoms with Gasteiger partial charge in [0.1, 0.15) is 0 Å². The number of carbonyl (C=O) groups is 1. The van der Waals surface area contributed by atoms with Crippen molar-refractivity contribution in [3.63, 3.8) is 0 Å². The van der Waals surface area contributed by atoms with Crippen LogP contribution in [0.4, 0.5) is 0 Å². The van der Waals surface area contributed by atoms with E-state index in [0.717, 1.165) is 6.42 Å². The Morgan fingerprint density at radius 3 is 1.92 bits per heavy atom. The minimum atomic E-state index is -0.682. The van der Waals surface area contributed by atoms with Crippen LogP contribution in [0.5, 0.6) is 0 Å². The maximum Gasteiger partial charge on any atom is 0.308 e. The zero-order chi connectivity index (χ0) is 9.72. The number of rotatable bonds is 5. The number of aliphatic carboxylic acids is 1. The highest BCUT2D eigenvalue weighted by Gasteiger charge is 2.26. The van der Waals surface area contributed by atoms with E-state index in [1.165, 1.54) is 0 Å². The molecule has 0 bridgehead atoms. The van der Waals surface area contributed by atoms with Gasteiger partial charge in [0.25, 0.3) is 0 Å². The van der Waals surface area contributed by atoms with Crippen LogP contribution in [0.3, 0.4) is 0 Å². The Morgan fingerprint density at radius 2 is 1.83 bits per heavy atom. The minimum absolute atomic E-state index is 0.160. The Kier molecular flexibility index (Phi) is 4.90. The van der Waals surface area contributed by atoms with Crippen molar-refractivity contribution in [3.8, 4) is 0 Å². The largest absolute Gasteiger partial charge is 0.481 e. The van der Waals surface area contributed by atoms with Crippen molar-refractivity contribution < 1.29 is 9.90 Å². The molecule has 2 unspecified atom stereocenters. The van der Waals surface area contributed by atoms with Gasteiger partial charge in [-0.1, -0.05) is 13.8 Å². The number of nitrogens with zero attached hydrogens (tertiary/aromatic N) is 1. The maximum atomic E-state index is 10.8. The van der Waals surface area contributed by atoms with E-state index >= 15 is 0 Å². The first-order chi connectivity index (χ1) is 5.54. The van der Waals surface area contributed by atoms with Crippen molar-refractivity contribution in [2.45, 2.75) is 32.7 Å². The van der Waals surface area contributed by atoms with E-state index in [1.807, 2.05) is 32.8 Å². The van der Waals surface area contributed by atoms with Gasteiger partial charge in [-0.25, -0.2) is 0 Å². The van der Waals surface area contributed by atoms with Gasteiger partial charge in [-0.15, -0.1) is 0 Å². The first-order valence-electron chi connectivity index (χ1n) is 4.43. The zero-order valence-electron chi connectivity index (χ0n) is 8.37. The van der Waals surface area contributed by atoms with E-state index in [4.69, 9.17) is 5.11 Å². The summed E-state index contributed by atoms with van der Waals surface area (Å²) in [5, 5.41) is 8.90. The van der Waals surface area contributed by atoms with Crippen LogP contribution >= 0.6 is 0 Å². The highest BCUT2D eigenvalue weighted by atomic mass is 16.4. The van der Waals surface area contributed by atoms with Gasteiger partial charge < -0.3 is 10.0 Å². The molecule has 0 rings (SSSR count). The van der Waals surface area contributed by atoms with Crippen molar-refractivity contribution >= 4 is 5.97 Å². The topological polar surface area (TPSA) is 40.5 Å². The molecule has 0 fully saturated rings. The third-order valence-corrected chi connectivity index (χ3v) is 2.30. The number of hydrogen-bond donors (Lipinski definition) is 1. The summed E-state index contributed by atoms with van der Waals surface area (Å²) >= 11 is 0. The Morgan fingerprint density at radius 1 is 1.33 bits per heavy atom. The third kappa shape index (κ3) is 2.81. The molecule has 0 aliphatic rings. The van der Waals surface area contributed by atoms with Gasteiger partial charge in [0.2, 0.25) is 0 Å². The van der Waals surface area contributed by atoms with E-state index in [2.05, 4.69) is 0 Å². The lowest BCUT2D eigenvalue weighted by atomic mass is 9.94. The Hall–Kier alpha value is -0.570. The summed E-state index contributed by atoms with van der Waals surface area (Å²) in [6, 6.07) is 0.160. The molecule has 0 aromatic heterocycles. The van der Waals surface area contributed by atoms with Gasteiger partial charge in [-0.2, -0.15) is 0 Å². The van der Waals surface area contributed by atoms with Crippen LogP contribution < -0.4 is 0 Å². The summed E-state index contributed by atoms with van der Waals surface area (Å²) in [6.07, 6.45) is 1.59. The predicted octanol–water partition coefficient (Wildman–Crippen LogP) is 1.44. The highest BCUT2D eigenvalue weighted by molar-refractivity contribution is 5.70. The molecule has 0 saturated heterocycles. The summed E-state index contributed by atoms with van der Waals surface area (Å²) in [4.78, 5) is 12.8. The van der Waals surface area contributed by atoms with Crippen molar-refractivity contribution in [3.05, 3.63) is 0 Å². The molecule has 12 heavy (non-hydrogen) atoms. The van der Waals surface area contributed by atoms with Crippen LogP contribution in [-0.4, -0.2) is 36.1 Å². The van der Waals surface area contributed by atoms with E-state index in [-0.39, 0.29) is 12.0 Å². The molecule has 0 aliphatic carbocycles. The Bertz CT molecular complexity index is 145. The lowest BCUT2D eigenvalue weighted by Gasteiger charge is -2.27. The van der Waals surface area contributed by atoms with Gasteiger partial charge in [0.05, 0.1) is 5.92 Å². The summed E-state index contributed by atoms with van der Waals surface area (Å²) in [5.41, 5.74) is 0. The highest BCUT2D eigenvalue weighted by Crippen LogP contribution is 2.16. The molecular weight excluding hydrogens is 154 g/mol. The van der Waals surface area contributed by atoms with Crippen molar-refractivity contribution in [1.29, 1.82) is 0 Å². The zero-order valence-corrected chi connectivity index (χ0v) is 8.37. The van der Waals surface area contributed by atoms with E-state index in [0.29, 0.717) is 6.42 Å². The summed E-state index contributed by atoms with van der Waals surface area (Å²) in [5.74, 6) is -0.914. The second-order valence-corrected chi connectivity index (χ2v) is 3.29. The van der Waals surface area contributed by atoms with Crippen LogP contribution in [-0.2, 0) is 4.79 Å². The lowest BCUT2D eigenvalue weighted by molar-refractivity contribution is -0.144. The van der Waals surface area contributed by atoms with Crippen molar-refractivity contribution in [2.24, 2.45) is 5.92 Å². The van der Waals surface area contributed by atoms with Crippen LogP contribution in [0.1, 0.15) is 26.7 Å². The molecule has 0 spiro atoms. The van der Waals surface area contributed by atoms with Gasteiger partial charge in [-0.05, 0) is 26.9 Å². The molecule has 0 radical (unpaired) electrons. The molecule has 0 aromatic rings. The van der Waals surface area contributed by atoms with Crippen LogP contribution in [0.15, 0.2) is 0 Å². The molecule has 3 heteroatoms. The molecule has 3 nitrogen and oxygen atoms in total. The quantitative estimate of drug-likeness (QED) is 0.684. The van der Waals surface area contributed by atoms with Gasteiger partial charge >= 0.3 is 5.97 Å². The molecule has 0 saturated carbocycles. The Labute approximate surface area is 74.4 Å². The average Bonchev–Trinajstić information content (AvgIpc) is 1.98. The van der Waals surface area contributed by atoms with E-state index in [1.54, 1.807) is 0 Å².